The second-order valence-electron chi connectivity index (χ2n) is 6.20. The summed E-state index contributed by atoms with van der Waals surface area (Å²) in [4.78, 5) is 23.9. The van der Waals surface area contributed by atoms with Crippen LogP contribution in [0.25, 0.3) is 5.69 Å². The maximum Gasteiger partial charge on any atom is 0.259 e. The predicted octanol–water partition coefficient (Wildman–Crippen LogP) is 4.46. The fourth-order valence-electron chi connectivity index (χ4n) is 2.77. The lowest BCUT2D eigenvalue weighted by Crippen LogP contribution is -2.14. The number of halogens is 1. The highest BCUT2D eigenvalue weighted by atomic mass is 79.9. The van der Waals surface area contributed by atoms with E-state index in [2.05, 4.69) is 31.7 Å². The Hall–Kier alpha value is -2.93. The zero-order valence-electron chi connectivity index (χ0n) is 15.2. The standard InChI is InChI=1S/C20H19BrN4O2/c1-12-9-16(7-8-19(12)23-14(3)26)24-20(27)18-11-22-25(13(18)2)17-6-4-5-15(21)10-17/h4-11H,1-3H3,(H,23,26)(H,24,27). The van der Waals surface area contributed by atoms with E-state index in [0.29, 0.717) is 11.3 Å². The van der Waals surface area contributed by atoms with Gasteiger partial charge in [-0.2, -0.15) is 5.10 Å². The van der Waals surface area contributed by atoms with Crippen LogP contribution in [0.15, 0.2) is 53.1 Å². The molecule has 0 atom stereocenters. The van der Waals surface area contributed by atoms with Crippen molar-refractivity contribution in [3.63, 3.8) is 0 Å². The van der Waals surface area contributed by atoms with Crippen molar-refractivity contribution in [2.75, 3.05) is 10.6 Å². The first-order valence-corrected chi connectivity index (χ1v) is 9.14. The van der Waals surface area contributed by atoms with E-state index in [9.17, 15) is 9.59 Å². The Morgan fingerprint density at radius 2 is 1.85 bits per heavy atom. The molecule has 0 fully saturated rings. The largest absolute Gasteiger partial charge is 0.326 e. The number of amides is 2. The van der Waals surface area contributed by atoms with Crippen LogP contribution in [0, 0.1) is 13.8 Å². The van der Waals surface area contributed by atoms with E-state index in [1.54, 1.807) is 23.0 Å². The van der Waals surface area contributed by atoms with E-state index in [-0.39, 0.29) is 11.8 Å². The van der Waals surface area contributed by atoms with Gasteiger partial charge in [0.2, 0.25) is 5.91 Å². The number of carbonyl (C=O) groups excluding carboxylic acids is 2. The number of nitrogens with one attached hydrogen (secondary N) is 2. The number of aryl methyl sites for hydroxylation is 1. The molecule has 138 valence electrons. The summed E-state index contributed by atoms with van der Waals surface area (Å²) in [5.41, 5.74) is 4.36. The number of carbonyl (C=O) groups is 2. The van der Waals surface area contributed by atoms with Crippen LogP contribution in [0.5, 0.6) is 0 Å². The van der Waals surface area contributed by atoms with Crippen molar-refractivity contribution in [2.24, 2.45) is 0 Å². The van der Waals surface area contributed by atoms with E-state index in [1.807, 2.05) is 44.2 Å². The minimum Gasteiger partial charge on any atom is -0.326 e. The molecule has 0 radical (unpaired) electrons. The van der Waals surface area contributed by atoms with Crippen LogP contribution in [0.1, 0.15) is 28.5 Å². The van der Waals surface area contributed by atoms with Gasteiger partial charge in [-0.3, -0.25) is 9.59 Å². The highest BCUT2D eigenvalue weighted by Crippen LogP contribution is 2.22. The summed E-state index contributed by atoms with van der Waals surface area (Å²) in [6.07, 6.45) is 1.56. The Morgan fingerprint density at radius 1 is 1.07 bits per heavy atom. The van der Waals surface area contributed by atoms with Gasteiger partial charge in [-0.05, 0) is 55.8 Å². The number of hydrogen-bond donors (Lipinski definition) is 2. The maximum absolute atomic E-state index is 12.7. The Bertz CT molecular complexity index is 1030. The minimum absolute atomic E-state index is 0.134. The van der Waals surface area contributed by atoms with Crippen LogP contribution >= 0.6 is 15.9 Å². The molecule has 2 amide bonds. The monoisotopic (exact) mass is 426 g/mol. The van der Waals surface area contributed by atoms with Crippen molar-refractivity contribution in [2.45, 2.75) is 20.8 Å². The molecule has 7 heteroatoms. The third-order valence-electron chi connectivity index (χ3n) is 4.10. The van der Waals surface area contributed by atoms with Gasteiger partial charge in [-0.15, -0.1) is 0 Å². The third-order valence-corrected chi connectivity index (χ3v) is 4.60. The Labute approximate surface area is 165 Å². The first-order valence-electron chi connectivity index (χ1n) is 8.35. The first kappa shape index (κ1) is 18.8. The van der Waals surface area contributed by atoms with Crippen LogP contribution < -0.4 is 10.6 Å². The fourth-order valence-corrected chi connectivity index (χ4v) is 3.16. The summed E-state index contributed by atoms with van der Waals surface area (Å²) in [6.45, 7) is 5.19. The normalized spacial score (nSPS) is 10.5. The fraction of sp³-hybridized carbons (Fsp3) is 0.150. The second kappa shape index (κ2) is 7.75. The van der Waals surface area contributed by atoms with Crippen molar-refractivity contribution < 1.29 is 9.59 Å². The predicted molar refractivity (Wildman–Crippen MR) is 109 cm³/mol. The molecule has 0 saturated carbocycles. The molecule has 0 saturated heterocycles. The molecule has 0 aliphatic heterocycles. The summed E-state index contributed by atoms with van der Waals surface area (Å²) < 4.78 is 2.67. The van der Waals surface area contributed by atoms with Crippen molar-refractivity contribution in [3.8, 4) is 5.69 Å². The van der Waals surface area contributed by atoms with Gasteiger partial charge < -0.3 is 10.6 Å². The number of hydrogen-bond acceptors (Lipinski definition) is 3. The quantitative estimate of drug-likeness (QED) is 0.646. The lowest BCUT2D eigenvalue weighted by Gasteiger charge is -2.10. The van der Waals surface area contributed by atoms with Gasteiger partial charge in [0.15, 0.2) is 0 Å². The average Bonchev–Trinajstić information content (AvgIpc) is 2.98. The number of nitrogens with zero attached hydrogens (tertiary/aromatic N) is 2. The molecular weight excluding hydrogens is 408 g/mol. The van der Waals surface area contributed by atoms with Gasteiger partial charge in [0.25, 0.3) is 5.91 Å². The molecule has 1 heterocycles. The minimum atomic E-state index is -0.236. The molecule has 27 heavy (non-hydrogen) atoms. The zero-order valence-corrected chi connectivity index (χ0v) is 16.8. The average molecular weight is 427 g/mol. The van der Waals surface area contributed by atoms with Crippen LogP contribution in [-0.2, 0) is 4.79 Å². The molecule has 2 aromatic carbocycles. The lowest BCUT2D eigenvalue weighted by molar-refractivity contribution is -0.114. The highest BCUT2D eigenvalue weighted by Gasteiger charge is 2.16. The van der Waals surface area contributed by atoms with E-state index in [0.717, 1.165) is 27.1 Å². The number of anilines is 2. The highest BCUT2D eigenvalue weighted by molar-refractivity contribution is 9.10. The van der Waals surface area contributed by atoms with Gasteiger partial charge in [-0.1, -0.05) is 22.0 Å². The topological polar surface area (TPSA) is 76.0 Å². The van der Waals surface area contributed by atoms with Gasteiger partial charge in [-0.25, -0.2) is 4.68 Å². The van der Waals surface area contributed by atoms with Crippen molar-refractivity contribution in [1.82, 2.24) is 9.78 Å². The van der Waals surface area contributed by atoms with E-state index in [4.69, 9.17) is 0 Å². The second-order valence-corrected chi connectivity index (χ2v) is 7.12. The van der Waals surface area contributed by atoms with E-state index in [1.165, 1.54) is 6.92 Å². The van der Waals surface area contributed by atoms with Gasteiger partial charge in [0.05, 0.1) is 23.1 Å². The van der Waals surface area contributed by atoms with Crippen molar-refractivity contribution >= 4 is 39.1 Å². The summed E-state index contributed by atoms with van der Waals surface area (Å²) in [5.74, 6) is -0.370. The molecule has 2 N–H and O–H groups in total. The first-order chi connectivity index (χ1) is 12.8. The number of aromatic nitrogens is 2. The molecule has 0 bridgehead atoms. The number of rotatable bonds is 4. The Balaban J connectivity index is 1.81. The molecule has 3 aromatic rings. The molecule has 1 aromatic heterocycles. The molecular formula is C20H19BrN4O2. The zero-order chi connectivity index (χ0) is 19.6. The molecule has 0 aliphatic rings. The Kier molecular flexibility index (Phi) is 5.41. The van der Waals surface area contributed by atoms with Crippen molar-refractivity contribution in [3.05, 3.63) is 70.0 Å². The summed E-state index contributed by atoms with van der Waals surface area (Å²) in [6, 6.07) is 13.1. The molecule has 0 spiro atoms. The van der Waals surface area contributed by atoms with E-state index >= 15 is 0 Å². The van der Waals surface area contributed by atoms with Crippen LogP contribution in [0.3, 0.4) is 0 Å². The van der Waals surface area contributed by atoms with Crippen LogP contribution in [-0.4, -0.2) is 21.6 Å². The lowest BCUT2D eigenvalue weighted by atomic mass is 10.1. The number of benzene rings is 2. The molecule has 0 unspecified atom stereocenters. The van der Waals surface area contributed by atoms with Crippen molar-refractivity contribution in [1.29, 1.82) is 0 Å². The maximum atomic E-state index is 12.7. The van der Waals surface area contributed by atoms with Crippen LogP contribution in [0.4, 0.5) is 11.4 Å². The SMILES string of the molecule is CC(=O)Nc1ccc(NC(=O)c2cnn(-c3cccc(Br)c3)c2C)cc1C. The molecule has 0 aliphatic carbocycles. The molecule has 6 nitrogen and oxygen atoms in total. The van der Waals surface area contributed by atoms with Crippen LogP contribution in [0.2, 0.25) is 0 Å². The molecule has 3 rings (SSSR count). The van der Waals surface area contributed by atoms with Gasteiger partial charge in [0.1, 0.15) is 0 Å². The van der Waals surface area contributed by atoms with E-state index < -0.39 is 0 Å². The summed E-state index contributed by atoms with van der Waals surface area (Å²) >= 11 is 3.44. The summed E-state index contributed by atoms with van der Waals surface area (Å²) in [7, 11) is 0. The third kappa shape index (κ3) is 4.25. The summed E-state index contributed by atoms with van der Waals surface area (Å²) in [5, 5.41) is 9.98. The van der Waals surface area contributed by atoms with Gasteiger partial charge >= 0.3 is 0 Å². The smallest absolute Gasteiger partial charge is 0.259 e. The van der Waals surface area contributed by atoms with Gasteiger partial charge in [0, 0.05) is 22.8 Å². The Morgan fingerprint density at radius 3 is 2.52 bits per heavy atom.